The molecule has 0 fully saturated rings. The number of nitrogens with zero attached hydrogens (tertiary/aromatic N) is 1. The molecule has 0 radical (unpaired) electrons. The van der Waals surface area contributed by atoms with Gasteiger partial charge in [0.05, 0.1) is 19.2 Å². The molecular weight excluding hydrogens is 268 g/mol. The molecule has 0 unspecified atom stereocenters. The Hall–Kier alpha value is -2.56. The van der Waals surface area contributed by atoms with Crippen LogP contribution in [0.1, 0.15) is 17.0 Å². The van der Waals surface area contributed by atoms with Crippen molar-refractivity contribution < 1.29 is 14.3 Å². The number of esters is 1. The number of pyridine rings is 1. The van der Waals surface area contributed by atoms with Crippen molar-refractivity contribution in [2.24, 2.45) is 0 Å². The van der Waals surface area contributed by atoms with Gasteiger partial charge in [0.2, 0.25) is 0 Å². The first-order valence-electron chi connectivity index (χ1n) is 6.58. The summed E-state index contributed by atoms with van der Waals surface area (Å²) in [6, 6.07) is 10.7. The molecule has 0 aliphatic rings. The number of aromatic nitrogens is 1. The Morgan fingerprint density at radius 3 is 2.62 bits per heavy atom. The topological polar surface area (TPSA) is 74.4 Å². The van der Waals surface area contributed by atoms with Crippen LogP contribution in [0.3, 0.4) is 0 Å². The van der Waals surface area contributed by atoms with E-state index in [-0.39, 0.29) is 19.0 Å². The summed E-state index contributed by atoms with van der Waals surface area (Å²) in [7, 11) is 1.59. The Morgan fingerprint density at radius 2 is 1.95 bits per heavy atom. The third kappa shape index (κ3) is 4.49. The van der Waals surface area contributed by atoms with Crippen LogP contribution in [0.25, 0.3) is 0 Å². The second-order valence-corrected chi connectivity index (χ2v) is 4.72. The Labute approximate surface area is 123 Å². The van der Waals surface area contributed by atoms with Crippen molar-refractivity contribution >= 4 is 11.7 Å². The number of hydrogen-bond donors (Lipinski definition) is 1. The lowest BCUT2D eigenvalue weighted by atomic mass is 10.1. The summed E-state index contributed by atoms with van der Waals surface area (Å²) >= 11 is 0. The van der Waals surface area contributed by atoms with Crippen LogP contribution in [0, 0.1) is 6.92 Å². The van der Waals surface area contributed by atoms with Crippen molar-refractivity contribution in [2.75, 3.05) is 12.8 Å². The number of rotatable bonds is 5. The number of anilines is 1. The molecule has 1 aromatic carbocycles. The third-order valence-electron chi connectivity index (χ3n) is 2.92. The van der Waals surface area contributed by atoms with Crippen molar-refractivity contribution in [3.63, 3.8) is 0 Å². The predicted molar refractivity (Wildman–Crippen MR) is 79.9 cm³/mol. The number of carbonyl (C=O) groups excluding carboxylic acids is 1. The molecule has 0 saturated heterocycles. The molecule has 0 saturated carbocycles. The molecule has 1 aromatic heterocycles. The highest BCUT2D eigenvalue weighted by molar-refractivity contribution is 5.72. The van der Waals surface area contributed by atoms with Crippen LogP contribution in [0.15, 0.2) is 36.4 Å². The van der Waals surface area contributed by atoms with Gasteiger partial charge in [0, 0.05) is 23.5 Å². The minimum absolute atomic E-state index is 0.131. The molecule has 0 aliphatic heterocycles. The number of nitrogen functional groups attached to an aromatic ring is 1. The van der Waals surface area contributed by atoms with Crippen molar-refractivity contribution in [1.29, 1.82) is 0 Å². The summed E-state index contributed by atoms with van der Waals surface area (Å²) in [5.74, 6) is 0.397. The first-order chi connectivity index (χ1) is 10.1. The fraction of sp³-hybridized carbons (Fsp3) is 0.250. The minimum Gasteiger partial charge on any atom is -0.497 e. The van der Waals surface area contributed by atoms with Gasteiger partial charge in [0.1, 0.15) is 12.4 Å². The van der Waals surface area contributed by atoms with Crippen LogP contribution in [0.4, 0.5) is 5.69 Å². The van der Waals surface area contributed by atoms with E-state index in [2.05, 4.69) is 4.98 Å². The van der Waals surface area contributed by atoms with Crippen LogP contribution in [-0.2, 0) is 22.6 Å². The first kappa shape index (κ1) is 14.8. The molecule has 110 valence electrons. The molecular formula is C16H18N2O3. The molecule has 2 rings (SSSR count). The fourth-order valence-electron chi connectivity index (χ4n) is 1.90. The van der Waals surface area contributed by atoms with Crippen LogP contribution in [0.2, 0.25) is 0 Å². The highest BCUT2D eigenvalue weighted by atomic mass is 16.5. The Kier molecular flexibility index (Phi) is 4.77. The van der Waals surface area contributed by atoms with E-state index in [1.54, 1.807) is 25.3 Å². The molecule has 0 atom stereocenters. The smallest absolute Gasteiger partial charge is 0.310 e. The maximum atomic E-state index is 11.8. The van der Waals surface area contributed by atoms with Gasteiger partial charge in [-0.2, -0.15) is 0 Å². The van der Waals surface area contributed by atoms with E-state index in [1.807, 2.05) is 25.1 Å². The quantitative estimate of drug-likeness (QED) is 0.674. The summed E-state index contributed by atoms with van der Waals surface area (Å²) in [4.78, 5) is 16.1. The van der Waals surface area contributed by atoms with Gasteiger partial charge in [-0.3, -0.25) is 9.78 Å². The monoisotopic (exact) mass is 286 g/mol. The molecule has 1 heterocycles. The number of ether oxygens (including phenoxy) is 2. The van der Waals surface area contributed by atoms with Crippen LogP contribution >= 0.6 is 0 Å². The number of aryl methyl sites for hydroxylation is 1. The fourth-order valence-corrected chi connectivity index (χ4v) is 1.90. The second-order valence-electron chi connectivity index (χ2n) is 4.72. The summed E-state index contributed by atoms with van der Waals surface area (Å²) in [6.07, 6.45) is 0.212. The molecule has 5 heteroatoms. The highest BCUT2D eigenvalue weighted by Crippen LogP contribution is 2.14. The Balaban J connectivity index is 1.92. The third-order valence-corrected chi connectivity index (χ3v) is 2.92. The largest absolute Gasteiger partial charge is 0.497 e. The van der Waals surface area contributed by atoms with E-state index in [4.69, 9.17) is 15.2 Å². The highest BCUT2D eigenvalue weighted by Gasteiger charge is 2.07. The normalized spacial score (nSPS) is 10.2. The van der Waals surface area contributed by atoms with Gasteiger partial charge in [-0.15, -0.1) is 0 Å². The van der Waals surface area contributed by atoms with Gasteiger partial charge in [0.15, 0.2) is 0 Å². The van der Waals surface area contributed by atoms with Gasteiger partial charge < -0.3 is 15.2 Å². The van der Waals surface area contributed by atoms with E-state index in [0.717, 1.165) is 11.3 Å². The summed E-state index contributed by atoms with van der Waals surface area (Å²) in [6.45, 7) is 1.99. The zero-order chi connectivity index (χ0) is 15.2. The van der Waals surface area contributed by atoms with E-state index in [1.165, 1.54) is 0 Å². The van der Waals surface area contributed by atoms with E-state index in [0.29, 0.717) is 17.1 Å². The molecule has 0 spiro atoms. The lowest BCUT2D eigenvalue weighted by molar-refractivity contribution is -0.144. The summed E-state index contributed by atoms with van der Waals surface area (Å²) in [5.41, 5.74) is 8.61. The number of methoxy groups -OCH3 is 1. The van der Waals surface area contributed by atoms with Gasteiger partial charge in [0.25, 0.3) is 0 Å². The number of benzene rings is 1. The lowest BCUT2D eigenvalue weighted by Gasteiger charge is -2.07. The Bertz CT molecular complexity index is 624. The van der Waals surface area contributed by atoms with Crippen molar-refractivity contribution in [3.05, 3.63) is 53.3 Å². The van der Waals surface area contributed by atoms with E-state index in [9.17, 15) is 4.79 Å². The summed E-state index contributed by atoms with van der Waals surface area (Å²) in [5, 5.41) is 0. The van der Waals surface area contributed by atoms with Crippen LogP contribution in [0.5, 0.6) is 5.75 Å². The zero-order valence-corrected chi connectivity index (χ0v) is 12.1. The number of carbonyl (C=O) groups is 1. The average molecular weight is 286 g/mol. The number of hydrogen-bond acceptors (Lipinski definition) is 5. The molecule has 0 bridgehead atoms. The predicted octanol–water partition coefficient (Wildman–Crippen LogP) is 2.27. The van der Waals surface area contributed by atoms with Crippen molar-refractivity contribution in [3.8, 4) is 5.75 Å². The van der Waals surface area contributed by atoms with Crippen LogP contribution < -0.4 is 10.5 Å². The average Bonchev–Trinajstić information content (AvgIpc) is 2.47. The molecule has 21 heavy (non-hydrogen) atoms. The van der Waals surface area contributed by atoms with Crippen molar-refractivity contribution in [2.45, 2.75) is 20.0 Å². The first-order valence-corrected chi connectivity index (χ1v) is 6.58. The lowest BCUT2D eigenvalue weighted by Crippen LogP contribution is -2.09. The Morgan fingerprint density at radius 1 is 1.24 bits per heavy atom. The maximum absolute atomic E-state index is 11.8. The number of nitrogens with two attached hydrogens (primary N) is 1. The van der Waals surface area contributed by atoms with Gasteiger partial charge in [-0.25, -0.2) is 0 Å². The van der Waals surface area contributed by atoms with E-state index >= 15 is 0 Å². The molecule has 0 amide bonds. The standard InChI is InChI=1S/C16H18N2O3/c1-11-7-15(20-2)9-14(18-11)10-21-16(19)8-12-3-5-13(17)6-4-12/h3-7,9H,8,10,17H2,1-2H3. The SMILES string of the molecule is COc1cc(C)nc(COC(=O)Cc2ccc(N)cc2)c1. The van der Waals surface area contributed by atoms with Gasteiger partial charge >= 0.3 is 5.97 Å². The molecule has 2 N–H and O–H groups in total. The van der Waals surface area contributed by atoms with Crippen LogP contribution in [-0.4, -0.2) is 18.1 Å². The molecule has 5 nitrogen and oxygen atoms in total. The van der Waals surface area contributed by atoms with Gasteiger partial charge in [-0.1, -0.05) is 12.1 Å². The maximum Gasteiger partial charge on any atom is 0.310 e. The second kappa shape index (κ2) is 6.74. The minimum atomic E-state index is -0.304. The van der Waals surface area contributed by atoms with Gasteiger partial charge in [-0.05, 0) is 24.6 Å². The summed E-state index contributed by atoms with van der Waals surface area (Å²) < 4.78 is 10.4. The van der Waals surface area contributed by atoms with E-state index < -0.39 is 0 Å². The van der Waals surface area contributed by atoms with Crippen molar-refractivity contribution in [1.82, 2.24) is 4.98 Å². The molecule has 0 aliphatic carbocycles. The molecule has 2 aromatic rings. The zero-order valence-electron chi connectivity index (χ0n) is 12.1.